The molecule has 0 aliphatic carbocycles. The van der Waals surface area contributed by atoms with Crippen LogP contribution < -0.4 is 0 Å². The molecule has 0 saturated carbocycles. The molecule has 0 radical (unpaired) electrons. The molecule has 0 atom stereocenters. The van der Waals surface area contributed by atoms with Gasteiger partial charge in [0.1, 0.15) is 5.82 Å². The number of fused-ring (bicyclic) bond motifs is 1. The Bertz CT molecular complexity index is 406. The van der Waals surface area contributed by atoms with Gasteiger partial charge in [-0.1, -0.05) is 6.92 Å². The third-order valence-corrected chi connectivity index (χ3v) is 1.97. The highest BCUT2D eigenvalue weighted by Gasteiger charge is 2.03. The van der Waals surface area contributed by atoms with Crippen molar-refractivity contribution >= 4 is 11.0 Å². The van der Waals surface area contributed by atoms with Gasteiger partial charge in [0.2, 0.25) is 0 Å². The summed E-state index contributed by atoms with van der Waals surface area (Å²) in [6.07, 6.45) is 2.28. The molecule has 1 aromatic heterocycles. The first-order valence-corrected chi connectivity index (χ1v) is 3.92. The molecule has 1 N–H and O–H groups in total. The van der Waals surface area contributed by atoms with Gasteiger partial charge in [0.05, 0.1) is 17.4 Å². The van der Waals surface area contributed by atoms with Gasteiger partial charge in [-0.05, 0) is 18.1 Å². The van der Waals surface area contributed by atoms with Crippen LogP contribution in [0.2, 0.25) is 0 Å². The predicted molar refractivity (Wildman–Crippen MR) is 45.4 cm³/mol. The van der Waals surface area contributed by atoms with Crippen molar-refractivity contribution in [1.29, 1.82) is 0 Å². The summed E-state index contributed by atoms with van der Waals surface area (Å²) < 4.78 is 13.1. The molecule has 0 aliphatic heterocycles. The van der Waals surface area contributed by atoms with E-state index in [-0.39, 0.29) is 5.82 Å². The molecule has 1 heterocycles. The zero-order valence-electron chi connectivity index (χ0n) is 6.76. The third kappa shape index (κ3) is 0.978. The zero-order chi connectivity index (χ0) is 8.55. The molecule has 0 fully saturated rings. The number of benzene rings is 1. The molecular weight excluding hydrogens is 155 g/mol. The van der Waals surface area contributed by atoms with E-state index in [1.54, 1.807) is 12.4 Å². The van der Waals surface area contributed by atoms with Crippen molar-refractivity contribution in [2.24, 2.45) is 0 Å². The van der Waals surface area contributed by atoms with Gasteiger partial charge in [-0.2, -0.15) is 0 Å². The normalized spacial score (nSPS) is 10.8. The third-order valence-electron chi connectivity index (χ3n) is 1.97. The number of nitrogens with one attached hydrogen (secondary N) is 1. The molecule has 3 heteroatoms. The van der Waals surface area contributed by atoms with Crippen molar-refractivity contribution in [2.45, 2.75) is 13.3 Å². The van der Waals surface area contributed by atoms with Gasteiger partial charge >= 0.3 is 0 Å². The van der Waals surface area contributed by atoms with E-state index in [1.165, 1.54) is 6.07 Å². The van der Waals surface area contributed by atoms with Crippen LogP contribution in [0.3, 0.4) is 0 Å². The van der Waals surface area contributed by atoms with E-state index >= 15 is 0 Å². The lowest BCUT2D eigenvalue weighted by atomic mass is 10.1. The van der Waals surface area contributed by atoms with Gasteiger partial charge in [0.15, 0.2) is 0 Å². The number of hydrogen-bond donors (Lipinski definition) is 1. The maximum Gasteiger partial charge on any atom is 0.128 e. The Hall–Kier alpha value is -1.38. The number of aromatic amines is 1. The molecule has 2 nitrogen and oxygen atoms in total. The highest BCUT2D eigenvalue weighted by molar-refractivity contribution is 5.75. The van der Waals surface area contributed by atoms with Crippen LogP contribution in [-0.4, -0.2) is 9.97 Å². The average Bonchev–Trinajstić information content (AvgIpc) is 2.49. The van der Waals surface area contributed by atoms with Gasteiger partial charge in [-0.25, -0.2) is 9.37 Å². The lowest BCUT2D eigenvalue weighted by Gasteiger charge is -1.97. The van der Waals surface area contributed by atoms with Gasteiger partial charge < -0.3 is 4.98 Å². The van der Waals surface area contributed by atoms with Crippen LogP contribution in [0, 0.1) is 5.82 Å². The smallest absolute Gasteiger partial charge is 0.128 e. The Morgan fingerprint density at radius 3 is 3.08 bits per heavy atom. The van der Waals surface area contributed by atoms with Gasteiger partial charge in [-0.3, -0.25) is 0 Å². The summed E-state index contributed by atoms with van der Waals surface area (Å²) in [5, 5.41) is 0. The topological polar surface area (TPSA) is 28.7 Å². The maximum atomic E-state index is 13.1. The van der Waals surface area contributed by atoms with E-state index in [1.807, 2.05) is 6.92 Å². The van der Waals surface area contributed by atoms with Crippen molar-refractivity contribution in [3.05, 3.63) is 29.8 Å². The number of halogens is 1. The molecule has 0 amide bonds. The second kappa shape index (κ2) is 2.59. The summed E-state index contributed by atoms with van der Waals surface area (Å²) in [4.78, 5) is 6.90. The highest BCUT2D eigenvalue weighted by Crippen LogP contribution is 2.15. The van der Waals surface area contributed by atoms with E-state index in [2.05, 4.69) is 9.97 Å². The van der Waals surface area contributed by atoms with Crippen LogP contribution in [0.4, 0.5) is 4.39 Å². The molecule has 0 spiro atoms. The Kier molecular flexibility index (Phi) is 1.57. The van der Waals surface area contributed by atoms with Crippen LogP contribution in [0.25, 0.3) is 11.0 Å². The maximum absolute atomic E-state index is 13.1. The van der Waals surface area contributed by atoms with Gasteiger partial charge in [0, 0.05) is 6.07 Å². The van der Waals surface area contributed by atoms with E-state index in [0.717, 1.165) is 11.1 Å². The van der Waals surface area contributed by atoms with Crippen molar-refractivity contribution in [3.63, 3.8) is 0 Å². The largest absolute Gasteiger partial charge is 0.345 e. The average molecular weight is 164 g/mol. The Balaban J connectivity index is 2.73. The first kappa shape index (κ1) is 7.28. The summed E-state index contributed by atoms with van der Waals surface area (Å²) in [7, 11) is 0. The monoisotopic (exact) mass is 164 g/mol. The molecule has 12 heavy (non-hydrogen) atoms. The lowest BCUT2D eigenvalue weighted by molar-refractivity contribution is 0.614. The molecule has 62 valence electrons. The molecule has 0 unspecified atom stereocenters. The molecule has 0 bridgehead atoms. The summed E-state index contributed by atoms with van der Waals surface area (Å²) in [6.45, 7) is 1.93. The van der Waals surface area contributed by atoms with Crippen molar-refractivity contribution in [1.82, 2.24) is 9.97 Å². The van der Waals surface area contributed by atoms with Crippen molar-refractivity contribution in [3.8, 4) is 0 Å². The minimum Gasteiger partial charge on any atom is -0.345 e. The van der Waals surface area contributed by atoms with Gasteiger partial charge in [0.25, 0.3) is 0 Å². The van der Waals surface area contributed by atoms with E-state index in [9.17, 15) is 4.39 Å². The van der Waals surface area contributed by atoms with Gasteiger partial charge in [-0.15, -0.1) is 0 Å². The Labute approximate surface area is 69.4 Å². The number of imidazole rings is 1. The van der Waals surface area contributed by atoms with Crippen LogP contribution in [0.15, 0.2) is 18.5 Å². The second-order valence-electron chi connectivity index (χ2n) is 2.72. The van der Waals surface area contributed by atoms with Crippen molar-refractivity contribution < 1.29 is 4.39 Å². The fourth-order valence-corrected chi connectivity index (χ4v) is 1.27. The molecule has 0 aliphatic rings. The minimum atomic E-state index is -0.169. The summed E-state index contributed by atoms with van der Waals surface area (Å²) in [5.74, 6) is -0.169. The Morgan fingerprint density at radius 2 is 2.33 bits per heavy atom. The quantitative estimate of drug-likeness (QED) is 0.688. The van der Waals surface area contributed by atoms with E-state index in [4.69, 9.17) is 0 Å². The number of aryl methyl sites for hydroxylation is 1. The number of hydrogen-bond acceptors (Lipinski definition) is 1. The summed E-state index contributed by atoms with van der Waals surface area (Å²) in [5.41, 5.74) is 2.31. The minimum absolute atomic E-state index is 0.169. The molecule has 2 aromatic rings. The molecule has 1 aromatic carbocycles. The molecule has 2 rings (SSSR count). The number of H-pyrrole nitrogens is 1. The first-order chi connectivity index (χ1) is 5.81. The second-order valence-corrected chi connectivity index (χ2v) is 2.72. The Morgan fingerprint density at radius 1 is 1.50 bits per heavy atom. The number of rotatable bonds is 1. The highest BCUT2D eigenvalue weighted by atomic mass is 19.1. The summed E-state index contributed by atoms with van der Waals surface area (Å²) >= 11 is 0. The molecular formula is C9H9FN2. The number of aromatic nitrogens is 2. The van der Waals surface area contributed by atoms with Crippen LogP contribution >= 0.6 is 0 Å². The fraction of sp³-hybridized carbons (Fsp3) is 0.222. The van der Waals surface area contributed by atoms with Crippen LogP contribution in [0.5, 0.6) is 0 Å². The molecule has 0 saturated heterocycles. The fourth-order valence-electron chi connectivity index (χ4n) is 1.27. The van der Waals surface area contributed by atoms with Crippen molar-refractivity contribution in [2.75, 3.05) is 0 Å². The van der Waals surface area contributed by atoms with Crippen LogP contribution in [-0.2, 0) is 6.42 Å². The zero-order valence-corrected chi connectivity index (χ0v) is 6.76. The standard InChI is InChI=1S/C9H9FN2/c1-2-6-3-8-9(4-7(6)10)12-5-11-8/h3-5H,2H2,1H3,(H,11,12). The van der Waals surface area contributed by atoms with Crippen LogP contribution in [0.1, 0.15) is 12.5 Å². The van der Waals surface area contributed by atoms with E-state index in [0.29, 0.717) is 11.9 Å². The predicted octanol–water partition coefficient (Wildman–Crippen LogP) is 2.26. The van der Waals surface area contributed by atoms with E-state index < -0.39 is 0 Å². The lowest BCUT2D eigenvalue weighted by Crippen LogP contribution is -1.87. The SMILES string of the molecule is CCc1cc2[nH]cnc2cc1F. The summed E-state index contributed by atoms with van der Waals surface area (Å²) in [6, 6.07) is 3.27. The number of nitrogens with zero attached hydrogens (tertiary/aromatic N) is 1. The first-order valence-electron chi connectivity index (χ1n) is 3.92.